The van der Waals surface area contributed by atoms with Gasteiger partial charge in [-0.2, -0.15) is 0 Å². The largest absolute Gasteiger partial charge is 0.355 e. The van der Waals surface area contributed by atoms with Crippen LogP contribution in [0.1, 0.15) is 44.9 Å². The highest BCUT2D eigenvalue weighted by Gasteiger charge is 2.42. The van der Waals surface area contributed by atoms with Gasteiger partial charge in [-0.3, -0.25) is 4.79 Å². The third-order valence-corrected chi connectivity index (χ3v) is 6.61. The van der Waals surface area contributed by atoms with Crippen molar-refractivity contribution in [1.82, 2.24) is 10.6 Å². The molecule has 1 aromatic carbocycles. The summed E-state index contributed by atoms with van der Waals surface area (Å²) >= 11 is 1.77. The molecule has 1 saturated heterocycles. The Morgan fingerprint density at radius 2 is 2.00 bits per heavy atom. The third-order valence-electron chi connectivity index (χ3n) is 5.12. The Morgan fingerprint density at radius 1 is 1.22 bits per heavy atom. The minimum Gasteiger partial charge on any atom is -0.355 e. The predicted octanol–water partition coefficient (Wildman–Crippen LogP) is 3.60. The Morgan fingerprint density at radius 3 is 2.70 bits per heavy atom. The van der Waals surface area contributed by atoms with E-state index >= 15 is 0 Å². The molecule has 2 fully saturated rings. The van der Waals surface area contributed by atoms with Crippen molar-refractivity contribution in [2.45, 2.75) is 54.6 Å². The Labute approximate surface area is 144 Å². The van der Waals surface area contributed by atoms with E-state index in [1.165, 1.54) is 30.6 Å². The first kappa shape index (κ1) is 16.8. The average Bonchev–Trinajstić information content (AvgIpc) is 3.06. The van der Waals surface area contributed by atoms with Crippen LogP contribution >= 0.6 is 11.8 Å². The first-order chi connectivity index (χ1) is 11.3. The topological polar surface area (TPSA) is 41.1 Å². The van der Waals surface area contributed by atoms with Crippen LogP contribution in [0.2, 0.25) is 0 Å². The van der Waals surface area contributed by atoms with Crippen molar-refractivity contribution < 1.29 is 4.79 Å². The minimum atomic E-state index is -0.244. The first-order valence-corrected chi connectivity index (χ1v) is 9.83. The van der Waals surface area contributed by atoms with Crippen LogP contribution in [0.5, 0.6) is 0 Å². The fourth-order valence-electron chi connectivity index (χ4n) is 3.76. The molecule has 126 valence electrons. The van der Waals surface area contributed by atoms with E-state index in [1.807, 2.05) is 6.07 Å². The zero-order chi connectivity index (χ0) is 16.0. The number of amides is 1. The Kier molecular flexibility index (Phi) is 6.01. The van der Waals surface area contributed by atoms with E-state index < -0.39 is 0 Å². The van der Waals surface area contributed by atoms with Crippen molar-refractivity contribution in [3.05, 3.63) is 30.3 Å². The Balaban J connectivity index is 1.53. The molecular weight excluding hydrogens is 304 g/mol. The van der Waals surface area contributed by atoms with Gasteiger partial charge in [0.25, 0.3) is 0 Å². The van der Waals surface area contributed by atoms with Crippen LogP contribution in [0, 0.1) is 5.92 Å². The molecule has 1 saturated carbocycles. The minimum absolute atomic E-state index is 0.244. The molecule has 23 heavy (non-hydrogen) atoms. The van der Waals surface area contributed by atoms with Crippen LogP contribution in [-0.2, 0) is 4.79 Å². The Bertz CT molecular complexity index is 493. The van der Waals surface area contributed by atoms with Gasteiger partial charge in [0, 0.05) is 11.4 Å². The van der Waals surface area contributed by atoms with Crippen LogP contribution in [0.3, 0.4) is 0 Å². The molecule has 0 spiro atoms. The van der Waals surface area contributed by atoms with Gasteiger partial charge in [-0.1, -0.05) is 31.0 Å². The summed E-state index contributed by atoms with van der Waals surface area (Å²) in [4.78, 5) is 14.1. The maximum atomic E-state index is 12.9. The lowest BCUT2D eigenvalue weighted by Gasteiger charge is -2.28. The number of carbonyl (C=O) groups excluding carboxylic acids is 1. The van der Waals surface area contributed by atoms with Crippen LogP contribution < -0.4 is 10.6 Å². The van der Waals surface area contributed by atoms with Crippen molar-refractivity contribution in [3.63, 3.8) is 0 Å². The lowest BCUT2D eigenvalue weighted by Crippen LogP contribution is -2.43. The lowest BCUT2D eigenvalue weighted by molar-refractivity contribution is -0.123. The summed E-state index contributed by atoms with van der Waals surface area (Å²) in [6, 6.07) is 10.4. The highest BCUT2D eigenvalue weighted by molar-refractivity contribution is 8.01. The van der Waals surface area contributed by atoms with Gasteiger partial charge in [0.2, 0.25) is 5.91 Å². The number of nitrogens with one attached hydrogen (secondary N) is 2. The maximum absolute atomic E-state index is 12.9. The molecule has 1 amide bonds. The molecule has 1 aromatic rings. The molecule has 1 unspecified atom stereocenters. The van der Waals surface area contributed by atoms with E-state index in [0.717, 1.165) is 44.8 Å². The summed E-state index contributed by atoms with van der Waals surface area (Å²) in [5, 5.41) is 6.70. The van der Waals surface area contributed by atoms with E-state index in [1.54, 1.807) is 11.8 Å². The SMILES string of the molecule is O=C(NCCC1CCCNC1)C1(Sc2ccccc2)CCCC1. The monoisotopic (exact) mass is 332 g/mol. The molecule has 0 bridgehead atoms. The normalized spacial score (nSPS) is 23.6. The molecule has 3 nitrogen and oxygen atoms in total. The lowest BCUT2D eigenvalue weighted by atomic mass is 9.96. The van der Waals surface area contributed by atoms with Gasteiger partial charge < -0.3 is 10.6 Å². The fourth-order valence-corrected chi connectivity index (χ4v) is 5.16. The van der Waals surface area contributed by atoms with Crippen molar-refractivity contribution >= 4 is 17.7 Å². The van der Waals surface area contributed by atoms with Crippen LogP contribution in [-0.4, -0.2) is 30.3 Å². The average molecular weight is 333 g/mol. The van der Waals surface area contributed by atoms with Gasteiger partial charge in [0.05, 0.1) is 4.75 Å². The summed E-state index contributed by atoms with van der Waals surface area (Å²) in [5.41, 5.74) is 0. The Hall–Kier alpha value is -1.00. The third kappa shape index (κ3) is 4.51. The van der Waals surface area contributed by atoms with Gasteiger partial charge in [0.15, 0.2) is 0 Å². The number of carbonyl (C=O) groups is 1. The van der Waals surface area contributed by atoms with Crippen molar-refractivity contribution in [2.75, 3.05) is 19.6 Å². The molecular formula is C19H28N2OS. The quantitative estimate of drug-likeness (QED) is 0.836. The first-order valence-electron chi connectivity index (χ1n) is 9.02. The highest BCUT2D eigenvalue weighted by atomic mass is 32.2. The van der Waals surface area contributed by atoms with Gasteiger partial charge >= 0.3 is 0 Å². The van der Waals surface area contributed by atoms with Crippen molar-refractivity contribution in [1.29, 1.82) is 0 Å². The number of benzene rings is 1. The molecule has 2 N–H and O–H groups in total. The van der Waals surface area contributed by atoms with E-state index in [9.17, 15) is 4.79 Å². The van der Waals surface area contributed by atoms with E-state index in [4.69, 9.17) is 0 Å². The number of hydrogen-bond donors (Lipinski definition) is 2. The number of hydrogen-bond acceptors (Lipinski definition) is 3. The van der Waals surface area contributed by atoms with Crippen LogP contribution in [0.4, 0.5) is 0 Å². The molecule has 1 aliphatic heterocycles. The molecule has 3 rings (SSSR count). The molecule has 4 heteroatoms. The summed E-state index contributed by atoms with van der Waals surface area (Å²) in [6.07, 6.45) is 8.01. The van der Waals surface area contributed by atoms with Gasteiger partial charge in [-0.05, 0) is 63.2 Å². The van der Waals surface area contributed by atoms with Crippen molar-refractivity contribution in [2.24, 2.45) is 5.92 Å². The summed E-state index contributed by atoms with van der Waals surface area (Å²) in [5.74, 6) is 0.984. The van der Waals surface area contributed by atoms with E-state index in [-0.39, 0.29) is 10.7 Å². The zero-order valence-corrected chi connectivity index (χ0v) is 14.7. The number of piperidine rings is 1. The summed E-state index contributed by atoms with van der Waals surface area (Å²) in [7, 11) is 0. The van der Waals surface area contributed by atoms with Crippen LogP contribution in [0.15, 0.2) is 35.2 Å². The van der Waals surface area contributed by atoms with E-state index in [2.05, 4.69) is 34.9 Å². The van der Waals surface area contributed by atoms with Gasteiger partial charge in [-0.15, -0.1) is 11.8 Å². The summed E-state index contributed by atoms with van der Waals surface area (Å²) < 4.78 is -0.244. The molecule has 1 atom stereocenters. The predicted molar refractivity (Wildman–Crippen MR) is 96.7 cm³/mol. The number of rotatable bonds is 6. The highest BCUT2D eigenvalue weighted by Crippen LogP contribution is 2.45. The van der Waals surface area contributed by atoms with Crippen molar-refractivity contribution in [3.8, 4) is 0 Å². The second-order valence-corrected chi connectivity index (χ2v) is 8.33. The molecule has 2 aliphatic rings. The van der Waals surface area contributed by atoms with Gasteiger partial charge in [-0.25, -0.2) is 0 Å². The zero-order valence-electron chi connectivity index (χ0n) is 13.9. The molecule has 0 radical (unpaired) electrons. The second kappa shape index (κ2) is 8.20. The van der Waals surface area contributed by atoms with Gasteiger partial charge in [0.1, 0.15) is 0 Å². The molecule has 1 heterocycles. The fraction of sp³-hybridized carbons (Fsp3) is 0.632. The molecule has 0 aromatic heterocycles. The second-order valence-electron chi connectivity index (χ2n) is 6.87. The van der Waals surface area contributed by atoms with E-state index in [0.29, 0.717) is 0 Å². The van der Waals surface area contributed by atoms with Crippen LogP contribution in [0.25, 0.3) is 0 Å². The molecule has 1 aliphatic carbocycles. The number of thioether (sulfide) groups is 1. The smallest absolute Gasteiger partial charge is 0.236 e. The maximum Gasteiger partial charge on any atom is 0.236 e. The summed E-state index contributed by atoms with van der Waals surface area (Å²) in [6.45, 7) is 3.09. The standard InChI is InChI=1S/C19H28N2OS/c22-18(21-14-10-16-7-6-13-20-15-16)19(11-4-5-12-19)23-17-8-2-1-3-9-17/h1-3,8-9,16,20H,4-7,10-15H2,(H,21,22).